The fraction of sp³-hybridized carbons (Fsp3) is 0.636. The molecular weight excluding hydrogens is 208 g/mol. The minimum Gasteiger partial charge on any atom is -0.342 e. The first kappa shape index (κ1) is 10.6. The van der Waals surface area contributed by atoms with Crippen molar-refractivity contribution >= 4 is 17.2 Å². The van der Waals surface area contributed by atoms with Crippen LogP contribution in [-0.2, 0) is 11.2 Å². The van der Waals surface area contributed by atoms with Crippen molar-refractivity contribution in [2.75, 3.05) is 13.1 Å². The van der Waals surface area contributed by atoms with Crippen molar-refractivity contribution in [2.24, 2.45) is 0 Å². The first-order chi connectivity index (χ1) is 7.36. The quantitative estimate of drug-likeness (QED) is 0.770. The second kappa shape index (κ2) is 5.26. The van der Waals surface area contributed by atoms with Crippen molar-refractivity contribution in [1.82, 2.24) is 9.88 Å². The van der Waals surface area contributed by atoms with Crippen LogP contribution < -0.4 is 0 Å². The number of amides is 1. The molecule has 1 aliphatic rings. The highest BCUT2D eigenvalue weighted by Crippen LogP contribution is 2.11. The van der Waals surface area contributed by atoms with E-state index in [2.05, 4.69) is 4.98 Å². The third kappa shape index (κ3) is 3.02. The predicted octanol–water partition coefficient (Wildman–Crippen LogP) is 2.09. The van der Waals surface area contributed by atoms with Gasteiger partial charge in [-0.3, -0.25) is 4.79 Å². The standard InChI is InChI=1S/C11H16N2OS/c14-11(7-10-8-15-9-12-10)13-5-3-1-2-4-6-13/h8-9H,1-7H2. The van der Waals surface area contributed by atoms with Gasteiger partial charge in [0.2, 0.25) is 5.91 Å². The Labute approximate surface area is 94.1 Å². The molecule has 15 heavy (non-hydrogen) atoms. The normalized spacial score (nSPS) is 17.5. The van der Waals surface area contributed by atoms with Gasteiger partial charge in [-0.1, -0.05) is 12.8 Å². The number of thiazole rings is 1. The maximum absolute atomic E-state index is 11.9. The van der Waals surface area contributed by atoms with Gasteiger partial charge in [0.25, 0.3) is 0 Å². The first-order valence-corrected chi connectivity index (χ1v) is 6.45. The minimum atomic E-state index is 0.239. The number of nitrogens with zero attached hydrogens (tertiary/aromatic N) is 2. The van der Waals surface area contributed by atoms with Gasteiger partial charge in [-0.25, -0.2) is 4.98 Å². The molecule has 0 atom stereocenters. The van der Waals surface area contributed by atoms with Crippen molar-refractivity contribution in [1.29, 1.82) is 0 Å². The number of aromatic nitrogens is 1. The zero-order valence-electron chi connectivity index (χ0n) is 8.82. The van der Waals surface area contributed by atoms with Crippen molar-refractivity contribution < 1.29 is 4.79 Å². The number of carbonyl (C=O) groups is 1. The molecule has 2 heterocycles. The summed E-state index contributed by atoms with van der Waals surface area (Å²) in [4.78, 5) is 18.0. The van der Waals surface area contributed by atoms with Gasteiger partial charge in [-0.15, -0.1) is 11.3 Å². The Morgan fingerprint density at radius 3 is 2.67 bits per heavy atom. The molecule has 0 N–H and O–H groups in total. The van der Waals surface area contributed by atoms with Crippen LogP contribution in [0.1, 0.15) is 31.4 Å². The predicted molar refractivity (Wildman–Crippen MR) is 60.9 cm³/mol. The number of hydrogen-bond donors (Lipinski definition) is 0. The SMILES string of the molecule is O=C(Cc1cscn1)N1CCCCCC1. The lowest BCUT2D eigenvalue weighted by Crippen LogP contribution is -2.33. The van der Waals surface area contributed by atoms with Crippen LogP contribution >= 0.6 is 11.3 Å². The fourth-order valence-corrected chi connectivity index (χ4v) is 2.47. The summed E-state index contributed by atoms with van der Waals surface area (Å²) in [6, 6.07) is 0. The fourth-order valence-electron chi connectivity index (χ4n) is 1.91. The Morgan fingerprint density at radius 2 is 2.07 bits per heavy atom. The highest BCUT2D eigenvalue weighted by atomic mass is 32.1. The van der Waals surface area contributed by atoms with Gasteiger partial charge >= 0.3 is 0 Å². The number of likely N-dealkylation sites (tertiary alicyclic amines) is 1. The van der Waals surface area contributed by atoms with Crippen molar-refractivity contribution in [3.63, 3.8) is 0 Å². The van der Waals surface area contributed by atoms with Crippen LogP contribution in [0.5, 0.6) is 0 Å². The third-order valence-electron chi connectivity index (χ3n) is 2.77. The Bertz CT molecular complexity index is 302. The largest absolute Gasteiger partial charge is 0.342 e. The summed E-state index contributed by atoms with van der Waals surface area (Å²) in [7, 11) is 0. The molecule has 0 bridgehead atoms. The first-order valence-electron chi connectivity index (χ1n) is 5.51. The van der Waals surface area contributed by atoms with Gasteiger partial charge in [0.05, 0.1) is 17.6 Å². The lowest BCUT2D eigenvalue weighted by Gasteiger charge is -2.19. The number of carbonyl (C=O) groups excluding carboxylic acids is 1. The van der Waals surface area contributed by atoms with Gasteiger partial charge in [-0.2, -0.15) is 0 Å². The molecule has 1 aromatic rings. The molecule has 1 amide bonds. The Kier molecular flexibility index (Phi) is 3.72. The molecular formula is C11H16N2OS. The van der Waals surface area contributed by atoms with E-state index in [0.29, 0.717) is 6.42 Å². The molecule has 1 aromatic heterocycles. The molecule has 0 unspecified atom stereocenters. The van der Waals surface area contributed by atoms with Crippen LogP contribution in [0.4, 0.5) is 0 Å². The summed E-state index contributed by atoms with van der Waals surface area (Å²) in [5.41, 5.74) is 2.69. The van der Waals surface area contributed by atoms with Crippen LogP contribution in [0.3, 0.4) is 0 Å². The van der Waals surface area contributed by atoms with E-state index in [-0.39, 0.29) is 5.91 Å². The molecule has 1 saturated heterocycles. The van der Waals surface area contributed by atoms with E-state index in [1.165, 1.54) is 12.8 Å². The molecule has 0 radical (unpaired) electrons. The van der Waals surface area contributed by atoms with Gasteiger partial charge in [0.1, 0.15) is 0 Å². The van der Waals surface area contributed by atoms with Crippen LogP contribution in [0.15, 0.2) is 10.9 Å². The van der Waals surface area contributed by atoms with Crippen LogP contribution in [0.25, 0.3) is 0 Å². The van der Waals surface area contributed by atoms with Crippen LogP contribution in [-0.4, -0.2) is 28.9 Å². The average molecular weight is 224 g/mol. The molecule has 82 valence electrons. The van der Waals surface area contributed by atoms with E-state index in [9.17, 15) is 4.79 Å². The van der Waals surface area contributed by atoms with E-state index in [0.717, 1.165) is 31.6 Å². The summed E-state index contributed by atoms with van der Waals surface area (Å²) in [6.07, 6.45) is 5.32. The second-order valence-electron chi connectivity index (χ2n) is 3.95. The van der Waals surface area contributed by atoms with Gasteiger partial charge in [0, 0.05) is 18.5 Å². The van der Waals surface area contributed by atoms with E-state index in [1.807, 2.05) is 10.3 Å². The lowest BCUT2D eigenvalue weighted by atomic mass is 10.2. The average Bonchev–Trinajstić information content (AvgIpc) is 2.58. The zero-order chi connectivity index (χ0) is 10.5. The number of hydrogen-bond acceptors (Lipinski definition) is 3. The summed E-state index contributed by atoms with van der Waals surface area (Å²) in [5.74, 6) is 0.239. The smallest absolute Gasteiger partial charge is 0.228 e. The molecule has 1 fully saturated rings. The van der Waals surface area contributed by atoms with Gasteiger partial charge in [-0.05, 0) is 12.8 Å². The maximum Gasteiger partial charge on any atom is 0.228 e. The molecule has 2 rings (SSSR count). The van der Waals surface area contributed by atoms with E-state index in [4.69, 9.17) is 0 Å². The molecule has 0 saturated carbocycles. The molecule has 0 aliphatic carbocycles. The molecule has 0 spiro atoms. The lowest BCUT2D eigenvalue weighted by molar-refractivity contribution is -0.130. The summed E-state index contributed by atoms with van der Waals surface area (Å²) < 4.78 is 0. The van der Waals surface area contributed by atoms with E-state index < -0.39 is 0 Å². The summed E-state index contributed by atoms with van der Waals surface area (Å²) >= 11 is 1.55. The Hall–Kier alpha value is -0.900. The van der Waals surface area contributed by atoms with Crippen molar-refractivity contribution in [3.8, 4) is 0 Å². The molecule has 3 nitrogen and oxygen atoms in total. The molecule has 0 aromatic carbocycles. The van der Waals surface area contributed by atoms with Crippen molar-refractivity contribution in [2.45, 2.75) is 32.1 Å². The third-order valence-corrected chi connectivity index (χ3v) is 3.41. The Morgan fingerprint density at radius 1 is 1.33 bits per heavy atom. The van der Waals surface area contributed by atoms with Crippen molar-refractivity contribution in [3.05, 3.63) is 16.6 Å². The highest BCUT2D eigenvalue weighted by molar-refractivity contribution is 7.07. The topological polar surface area (TPSA) is 33.2 Å². The minimum absolute atomic E-state index is 0.239. The second-order valence-corrected chi connectivity index (χ2v) is 4.67. The van der Waals surface area contributed by atoms with Gasteiger partial charge in [0.15, 0.2) is 0 Å². The summed E-state index contributed by atoms with van der Waals surface area (Å²) in [5, 5.41) is 1.95. The number of rotatable bonds is 2. The molecule has 4 heteroatoms. The summed E-state index contributed by atoms with van der Waals surface area (Å²) in [6.45, 7) is 1.87. The van der Waals surface area contributed by atoms with Crippen LogP contribution in [0, 0.1) is 0 Å². The Balaban J connectivity index is 1.89. The maximum atomic E-state index is 11.9. The van der Waals surface area contributed by atoms with Crippen LogP contribution in [0.2, 0.25) is 0 Å². The zero-order valence-corrected chi connectivity index (χ0v) is 9.63. The van der Waals surface area contributed by atoms with E-state index in [1.54, 1.807) is 16.8 Å². The van der Waals surface area contributed by atoms with Gasteiger partial charge < -0.3 is 4.90 Å². The molecule has 1 aliphatic heterocycles. The highest BCUT2D eigenvalue weighted by Gasteiger charge is 2.16. The van der Waals surface area contributed by atoms with E-state index >= 15 is 0 Å². The monoisotopic (exact) mass is 224 g/mol.